The number of benzene rings is 1. The van der Waals surface area contributed by atoms with E-state index in [1.54, 1.807) is 12.1 Å². The Balaban J connectivity index is 2.46. The number of anilines is 1. The predicted octanol–water partition coefficient (Wildman–Crippen LogP) is 3.58. The fourth-order valence-corrected chi connectivity index (χ4v) is 2.84. The van der Waals surface area contributed by atoms with Crippen LogP contribution in [0.1, 0.15) is 12.0 Å². The maximum absolute atomic E-state index is 12.1. The minimum absolute atomic E-state index is 0.200. The standard InChI is InChI=1S/C12H10BrCl2NO2/c1-6-2-9(15)10(4-8(6)14)16-11(17)3-7(5-13)12(16)18/h2,4,7H,3,5H2,1H3. The molecule has 0 spiro atoms. The fraction of sp³-hybridized carbons (Fsp3) is 0.333. The van der Waals surface area contributed by atoms with Gasteiger partial charge < -0.3 is 0 Å². The molecule has 1 aromatic rings. The van der Waals surface area contributed by atoms with Crippen molar-refractivity contribution >= 4 is 56.6 Å². The van der Waals surface area contributed by atoms with Crippen LogP contribution in [-0.2, 0) is 9.59 Å². The van der Waals surface area contributed by atoms with E-state index in [0.29, 0.717) is 21.1 Å². The van der Waals surface area contributed by atoms with E-state index in [1.807, 2.05) is 6.92 Å². The highest BCUT2D eigenvalue weighted by atomic mass is 79.9. The van der Waals surface area contributed by atoms with Gasteiger partial charge in [0.1, 0.15) is 0 Å². The molecule has 1 saturated heterocycles. The van der Waals surface area contributed by atoms with E-state index in [-0.39, 0.29) is 24.2 Å². The summed E-state index contributed by atoms with van der Waals surface area (Å²) in [4.78, 5) is 25.1. The summed E-state index contributed by atoms with van der Waals surface area (Å²) in [5.74, 6) is -0.807. The van der Waals surface area contributed by atoms with Gasteiger partial charge in [0.15, 0.2) is 0 Å². The molecule has 2 rings (SSSR count). The Morgan fingerprint density at radius 2 is 2.00 bits per heavy atom. The SMILES string of the molecule is Cc1cc(Cl)c(N2C(=O)CC(CBr)C2=O)cc1Cl. The van der Waals surface area contributed by atoms with E-state index in [0.717, 1.165) is 10.5 Å². The van der Waals surface area contributed by atoms with Crippen LogP contribution < -0.4 is 4.90 Å². The topological polar surface area (TPSA) is 37.4 Å². The van der Waals surface area contributed by atoms with Crippen molar-refractivity contribution in [1.82, 2.24) is 0 Å². The molecule has 0 bridgehead atoms. The summed E-state index contributed by atoms with van der Waals surface area (Å²) >= 11 is 15.3. The third-order valence-electron chi connectivity index (χ3n) is 2.90. The van der Waals surface area contributed by atoms with Crippen molar-refractivity contribution in [1.29, 1.82) is 0 Å². The second kappa shape index (κ2) is 5.19. The summed E-state index contributed by atoms with van der Waals surface area (Å²) in [5.41, 5.74) is 1.17. The summed E-state index contributed by atoms with van der Waals surface area (Å²) in [7, 11) is 0. The molecule has 1 atom stereocenters. The van der Waals surface area contributed by atoms with Crippen molar-refractivity contribution < 1.29 is 9.59 Å². The maximum Gasteiger partial charge on any atom is 0.238 e. The van der Waals surface area contributed by atoms with Crippen molar-refractivity contribution in [2.24, 2.45) is 5.92 Å². The second-order valence-corrected chi connectivity index (χ2v) is 5.64. The van der Waals surface area contributed by atoms with Gasteiger partial charge in [0, 0.05) is 16.8 Å². The number of rotatable bonds is 2. The number of halogens is 3. The minimum atomic E-state index is -0.325. The molecular formula is C12H10BrCl2NO2. The Bertz CT molecular complexity index is 533. The first-order valence-corrected chi connectivity index (χ1v) is 7.22. The predicted molar refractivity (Wildman–Crippen MR) is 75.6 cm³/mol. The summed E-state index contributed by atoms with van der Waals surface area (Å²) in [6.07, 6.45) is 0.200. The van der Waals surface area contributed by atoms with E-state index >= 15 is 0 Å². The number of hydrogen-bond acceptors (Lipinski definition) is 2. The first kappa shape index (κ1) is 13.8. The van der Waals surface area contributed by atoms with Gasteiger partial charge in [-0.05, 0) is 24.6 Å². The molecule has 0 saturated carbocycles. The van der Waals surface area contributed by atoms with Crippen LogP contribution in [0.4, 0.5) is 5.69 Å². The summed E-state index contributed by atoms with van der Waals surface area (Å²) < 4.78 is 0. The fourth-order valence-electron chi connectivity index (χ4n) is 1.88. The Labute approximate surface area is 123 Å². The largest absolute Gasteiger partial charge is 0.274 e. The Morgan fingerprint density at radius 1 is 1.33 bits per heavy atom. The van der Waals surface area contributed by atoms with Crippen LogP contribution >= 0.6 is 39.1 Å². The number of carbonyl (C=O) groups is 2. The van der Waals surface area contributed by atoms with Crippen LogP contribution in [0.15, 0.2) is 12.1 Å². The molecule has 0 aromatic heterocycles. The number of imide groups is 1. The maximum atomic E-state index is 12.1. The zero-order valence-corrected chi connectivity index (χ0v) is 12.6. The monoisotopic (exact) mass is 349 g/mol. The second-order valence-electron chi connectivity index (χ2n) is 4.18. The molecule has 18 heavy (non-hydrogen) atoms. The van der Waals surface area contributed by atoms with E-state index < -0.39 is 0 Å². The highest BCUT2D eigenvalue weighted by molar-refractivity contribution is 9.09. The number of nitrogens with zero attached hydrogens (tertiary/aromatic N) is 1. The van der Waals surface area contributed by atoms with Crippen LogP contribution in [0.2, 0.25) is 10.0 Å². The lowest BCUT2D eigenvalue weighted by atomic mass is 10.1. The lowest BCUT2D eigenvalue weighted by molar-refractivity contribution is -0.122. The molecule has 6 heteroatoms. The van der Waals surface area contributed by atoms with Crippen molar-refractivity contribution in [2.75, 3.05) is 10.2 Å². The summed E-state index contributed by atoms with van der Waals surface area (Å²) in [6, 6.07) is 3.22. The van der Waals surface area contributed by atoms with Gasteiger partial charge in [-0.25, -0.2) is 4.90 Å². The molecule has 0 radical (unpaired) electrons. The number of alkyl halides is 1. The van der Waals surface area contributed by atoms with E-state index in [2.05, 4.69) is 15.9 Å². The third kappa shape index (κ3) is 2.29. The van der Waals surface area contributed by atoms with Crippen LogP contribution in [0.5, 0.6) is 0 Å². The molecule has 0 N–H and O–H groups in total. The van der Waals surface area contributed by atoms with Gasteiger partial charge >= 0.3 is 0 Å². The van der Waals surface area contributed by atoms with Crippen molar-refractivity contribution in [3.8, 4) is 0 Å². The molecule has 1 heterocycles. The van der Waals surface area contributed by atoms with Gasteiger partial charge in [0.05, 0.1) is 16.6 Å². The van der Waals surface area contributed by atoms with Crippen LogP contribution in [0.3, 0.4) is 0 Å². The molecule has 1 aliphatic heterocycles. The van der Waals surface area contributed by atoms with Crippen molar-refractivity contribution in [3.63, 3.8) is 0 Å². The molecule has 96 valence electrons. The minimum Gasteiger partial charge on any atom is -0.274 e. The number of amides is 2. The lowest BCUT2D eigenvalue weighted by Gasteiger charge is -2.17. The zero-order valence-electron chi connectivity index (χ0n) is 9.54. The Kier molecular flexibility index (Phi) is 3.99. The summed E-state index contributed by atoms with van der Waals surface area (Å²) in [6.45, 7) is 1.81. The molecule has 2 amide bonds. The number of hydrogen-bond donors (Lipinski definition) is 0. The molecule has 1 unspecified atom stereocenters. The third-order valence-corrected chi connectivity index (χ3v) is 4.39. The smallest absolute Gasteiger partial charge is 0.238 e. The lowest BCUT2D eigenvalue weighted by Crippen LogP contribution is -2.31. The average molecular weight is 351 g/mol. The zero-order chi connectivity index (χ0) is 13.4. The van der Waals surface area contributed by atoms with Gasteiger partial charge in [-0.15, -0.1) is 0 Å². The molecule has 1 aromatic carbocycles. The normalized spacial score (nSPS) is 19.8. The first-order valence-electron chi connectivity index (χ1n) is 5.34. The van der Waals surface area contributed by atoms with Gasteiger partial charge in [-0.3, -0.25) is 9.59 Å². The van der Waals surface area contributed by atoms with Crippen molar-refractivity contribution in [3.05, 3.63) is 27.7 Å². The van der Waals surface area contributed by atoms with E-state index in [9.17, 15) is 9.59 Å². The van der Waals surface area contributed by atoms with Crippen LogP contribution in [0.25, 0.3) is 0 Å². The van der Waals surface area contributed by atoms with E-state index in [1.165, 1.54) is 0 Å². The Morgan fingerprint density at radius 3 is 2.56 bits per heavy atom. The first-order chi connectivity index (χ1) is 8.45. The highest BCUT2D eigenvalue weighted by Crippen LogP contribution is 2.36. The van der Waals surface area contributed by atoms with Crippen molar-refractivity contribution in [2.45, 2.75) is 13.3 Å². The van der Waals surface area contributed by atoms with Crippen LogP contribution in [-0.4, -0.2) is 17.1 Å². The van der Waals surface area contributed by atoms with Gasteiger partial charge in [-0.2, -0.15) is 0 Å². The highest BCUT2D eigenvalue weighted by Gasteiger charge is 2.39. The molecule has 1 aliphatic rings. The molecule has 3 nitrogen and oxygen atoms in total. The molecule has 1 fully saturated rings. The van der Waals surface area contributed by atoms with Gasteiger partial charge in [-0.1, -0.05) is 39.1 Å². The molecular weight excluding hydrogens is 341 g/mol. The summed E-state index contributed by atoms with van der Waals surface area (Å²) in [5, 5.41) is 1.30. The Hall–Kier alpha value is -0.580. The molecule has 0 aliphatic carbocycles. The average Bonchev–Trinajstić information content (AvgIpc) is 2.59. The van der Waals surface area contributed by atoms with Gasteiger partial charge in [0.25, 0.3) is 0 Å². The van der Waals surface area contributed by atoms with E-state index in [4.69, 9.17) is 23.2 Å². The van der Waals surface area contributed by atoms with Gasteiger partial charge in [0.2, 0.25) is 11.8 Å². The number of carbonyl (C=O) groups excluding carboxylic acids is 2. The number of aryl methyl sites for hydroxylation is 1. The van der Waals surface area contributed by atoms with Crippen LogP contribution in [0, 0.1) is 12.8 Å². The quantitative estimate of drug-likeness (QED) is 0.604.